The number of carbonyl (C=O) groups excluding carboxylic acids is 3. The molecule has 2 aromatic carbocycles. The first-order chi connectivity index (χ1) is 15.7. The maximum atomic E-state index is 12.3. The number of oxime groups is 1. The molecule has 10 heteroatoms. The van der Waals surface area contributed by atoms with Crippen LogP contribution in [0, 0.1) is 5.41 Å². The molecule has 0 saturated carbocycles. The van der Waals surface area contributed by atoms with Crippen LogP contribution in [0.4, 0.5) is 0 Å². The van der Waals surface area contributed by atoms with Gasteiger partial charge in [-0.25, -0.2) is 9.59 Å². The van der Waals surface area contributed by atoms with Gasteiger partial charge in [0.15, 0.2) is 0 Å². The highest BCUT2D eigenvalue weighted by atomic mass is 32.2. The monoisotopic (exact) mass is 475 g/mol. The molecule has 0 aliphatic heterocycles. The van der Waals surface area contributed by atoms with Crippen molar-refractivity contribution in [1.29, 1.82) is 0 Å². The Hall–Kier alpha value is -3.05. The minimum absolute atomic E-state index is 0.0577. The summed E-state index contributed by atoms with van der Waals surface area (Å²) in [4.78, 5) is 41.5. The maximum absolute atomic E-state index is 12.3. The Morgan fingerprint density at radius 2 is 1.33 bits per heavy atom. The first-order valence-electron chi connectivity index (χ1n) is 9.88. The molecular weight excluding hydrogens is 450 g/mol. The quantitative estimate of drug-likeness (QED) is 0.146. The summed E-state index contributed by atoms with van der Waals surface area (Å²) in [5.41, 5.74) is -0.549. The van der Waals surface area contributed by atoms with Crippen LogP contribution < -0.4 is 0 Å². The van der Waals surface area contributed by atoms with Gasteiger partial charge in [0.1, 0.15) is 12.3 Å². The largest absolute Gasteiger partial charge is 0.461 e. The van der Waals surface area contributed by atoms with Gasteiger partial charge in [-0.3, -0.25) is 4.79 Å². The van der Waals surface area contributed by atoms with Crippen molar-refractivity contribution in [1.82, 2.24) is 0 Å². The van der Waals surface area contributed by atoms with Gasteiger partial charge in [-0.15, -0.1) is 0 Å². The molecule has 33 heavy (non-hydrogen) atoms. The van der Waals surface area contributed by atoms with E-state index in [4.69, 9.17) is 4.74 Å². The zero-order valence-corrected chi connectivity index (χ0v) is 19.0. The van der Waals surface area contributed by atoms with Crippen LogP contribution in [0.2, 0.25) is 0 Å². The number of esters is 1. The fourth-order valence-corrected chi connectivity index (χ4v) is 3.26. The lowest BCUT2D eigenvalue weighted by Gasteiger charge is -2.26. The zero-order chi connectivity index (χ0) is 24.4. The standard InChI is InChI=1S/C23H25NO8S/c1-15(24-32-16(2)28)21(29)17-3-7-19(8-4-17)33-20-9-5-18(6-10-20)22(30)31-14-23(11-25,12-26)13-27/h3-10,25-27H,11-14H2,1-2H3/b24-15+. The smallest absolute Gasteiger partial charge is 0.338 e. The second-order valence-corrected chi connectivity index (χ2v) is 8.44. The molecular formula is C23H25NO8S. The number of rotatable bonds is 11. The second kappa shape index (κ2) is 12.3. The molecule has 176 valence electrons. The molecule has 2 aromatic rings. The van der Waals surface area contributed by atoms with Crippen LogP contribution in [0.15, 0.2) is 63.5 Å². The molecule has 2 rings (SSSR count). The van der Waals surface area contributed by atoms with Crippen molar-refractivity contribution >= 4 is 35.2 Å². The second-order valence-electron chi connectivity index (χ2n) is 7.29. The molecule has 0 spiro atoms. The normalized spacial score (nSPS) is 11.7. The van der Waals surface area contributed by atoms with E-state index < -0.39 is 37.2 Å². The minimum Gasteiger partial charge on any atom is -0.461 e. The van der Waals surface area contributed by atoms with Crippen LogP contribution in [0.5, 0.6) is 0 Å². The van der Waals surface area contributed by atoms with E-state index >= 15 is 0 Å². The van der Waals surface area contributed by atoms with E-state index in [-0.39, 0.29) is 23.7 Å². The molecule has 0 saturated heterocycles. The number of hydrogen-bond acceptors (Lipinski definition) is 10. The molecule has 0 unspecified atom stereocenters. The van der Waals surface area contributed by atoms with Gasteiger partial charge >= 0.3 is 11.9 Å². The fourth-order valence-electron chi connectivity index (χ4n) is 2.44. The number of carbonyl (C=O) groups is 3. The highest BCUT2D eigenvalue weighted by Crippen LogP contribution is 2.28. The lowest BCUT2D eigenvalue weighted by atomic mass is 9.93. The van der Waals surface area contributed by atoms with Gasteiger partial charge in [-0.1, -0.05) is 16.9 Å². The SMILES string of the molecule is CC(=O)O/N=C(\C)C(=O)c1ccc(Sc2ccc(C(=O)OCC(CO)(CO)CO)cc2)cc1. The molecule has 0 bridgehead atoms. The Labute approximate surface area is 195 Å². The number of aliphatic hydroxyl groups is 3. The van der Waals surface area contributed by atoms with Gasteiger partial charge in [0.25, 0.3) is 0 Å². The number of hydrogen-bond donors (Lipinski definition) is 3. The van der Waals surface area contributed by atoms with Gasteiger partial charge < -0.3 is 24.9 Å². The zero-order valence-electron chi connectivity index (χ0n) is 18.2. The van der Waals surface area contributed by atoms with Gasteiger partial charge in [0.2, 0.25) is 5.78 Å². The predicted molar refractivity (Wildman–Crippen MR) is 120 cm³/mol. The van der Waals surface area contributed by atoms with Crippen molar-refractivity contribution in [2.75, 3.05) is 26.4 Å². The third-order valence-electron chi connectivity index (χ3n) is 4.60. The van der Waals surface area contributed by atoms with E-state index in [2.05, 4.69) is 9.99 Å². The average Bonchev–Trinajstić information content (AvgIpc) is 2.84. The van der Waals surface area contributed by atoms with Gasteiger partial charge in [0.05, 0.1) is 30.8 Å². The number of ether oxygens (including phenoxy) is 1. The fraction of sp³-hybridized carbons (Fsp3) is 0.304. The third-order valence-corrected chi connectivity index (χ3v) is 5.61. The van der Waals surface area contributed by atoms with E-state index in [1.165, 1.54) is 25.6 Å². The van der Waals surface area contributed by atoms with Crippen molar-refractivity contribution in [3.05, 3.63) is 59.7 Å². The van der Waals surface area contributed by atoms with Crippen molar-refractivity contribution in [3.63, 3.8) is 0 Å². The summed E-state index contributed by atoms with van der Waals surface area (Å²) in [6, 6.07) is 13.4. The molecule has 0 aliphatic rings. The average molecular weight is 476 g/mol. The molecule has 0 aromatic heterocycles. The van der Waals surface area contributed by atoms with E-state index in [0.29, 0.717) is 5.56 Å². The number of nitrogens with zero attached hydrogens (tertiary/aromatic N) is 1. The minimum atomic E-state index is -1.29. The first-order valence-corrected chi connectivity index (χ1v) is 10.7. The molecule has 0 radical (unpaired) electrons. The van der Waals surface area contributed by atoms with Crippen LogP contribution in [-0.2, 0) is 14.4 Å². The summed E-state index contributed by atoms with van der Waals surface area (Å²) in [6.45, 7) is 0.766. The summed E-state index contributed by atoms with van der Waals surface area (Å²) < 4.78 is 5.11. The molecule has 0 heterocycles. The van der Waals surface area contributed by atoms with Gasteiger partial charge in [-0.05, 0) is 55.5 Å². The highest BCUT2D eigenvalue weighted by molar-refractivity contribution is 7.99. The molecule has 9 nitrogen and oxygen atoms in total. The van der Waals surface area contributed by atoms with Crippen LogP contribution in [0.25, 0.3) is 0 Å². The lowest BCUT2D eigenvalue weighted by molar-refractivity contribution is -0.140. The Bertz CT molecular complexity index is 990. The number of Topliss-reactive ketones (excluding diaryl/α,β-unsaturated/α-hetero) is 1. The van der Waals surface area contributed by atoms with E-state index in [0.717, 1.165) is 9.79 Å². The highest BCUT2D eigenvalue weighted by Gasteiger charge is 2.30. The van der Waals surface area contributed by atoms with Crippen LogP contribution >= 0.6 is 11.8 Å². The Morgan fingerprint density at radius 3 is 1.79 bits per heavy atom. The summed E-state index contributed by atoms with van der Waals surface area (Å²) in [5.74, 6) is -1.61. The topological polar surface area (TPSA) is 143 Å². The Morgan fingerprint density at radius 1 is 0.848 bits per heavy atom. The van der Waals surface area contributed by atoms with Gasteiger partial charge in [-0.2, -0.15) is 0 Å². The summed E-state index contributed by atoms with van der Waals surface area (Å²) in [7, 11) is 0. The van der Waals surface area contributed by atoms with E-state index in [9.17, 15) is 29.7 Å². The number of aliphatic hydroxyl groups excluding tert-OH is 3. The number of ketones is 1. The van der Waals surface area contributed by atoms with Crippen molar-refractivity contribution in [2.45, 2.75) is 23.6 Å². The van der Waals surface area contributed by atoms with E-state index in [1.807, 2.05) is 0 Å². The van der Waals surface area contributed by atoms with Crippen molar-refractivity contribution < 1.29 is 39.3 Å². The Balaban J connectivity index is 1.98. The molecule has 3 N–H and O–H groups in total. The summed E-state index contributed by atoms with van der Waals surface area (Å²) in [6.07, 6.45) is 0. The summed E-state index contributed by atoms with van der Waals surface area (Å²) in [5, 5.41) is 31.4. The van der Waals surface area contributed by atoms with Gasteiger partial charge in [0, 0.05) is 22.3 Å². The lowest BCUT2D eigenvalue weighted by Crippen LogP contribution is -2.39. The third kappa shape index (κ3) is 7.50. The molecule has 0 amide bonds. The first kappa shape index (κ1) is 26.2. The van der Waals surface area contributed by atoms with Crippen molar-refractivity contribution in [2.24, 2.45) is 10.6 Å². The Kier molecular flexibility index (Phi) is 9.74. The van der Waals surface area contributed by atoms with Crippen LogP contribution in [0.1, 0.15) is 34.6 Å². The molecule has 0 fully saturated rings. The predicted octanol–water partition coefficient (Wildman–Crippen LogP) is 2.08. The molecule has 0 aliphatic carbocycles. The van der Waals surface area contributed by atoms with Crippen LogP contribution in [-0.4, -0.2) is 65.2 Å². The van der Waals surface area contributed by atoms with Crippen molar-refractivity contribution in [3.8, 4) is 0 Å². The summed E-state index contributed by atoms with van der Waals surface area (Å²) >= 11 is 1.42. The number of benzene rings is 2. The molecule has 0 atom stereocenters. The maximum Gasteiger partial charge on any atom is 0.338 e. The van der Waals surface area contributed by atoms with Crippen LogP contribution in [0.3, 0.4) is 0 Å². The van der Waals surface area contributed by atoms with E-state index in [1.54, 1.807) is 48.5 Å².